The van der Waals surface area contributed by atoms with Gasteiger partial charge in [-0.2, -0.15) is 4.31 Å². The van der Waals surface area contributed by atoms with Gasteiger partial charge in [0.1, 0.15) is 18.1 Å². The molecule has 23 heavy (non-hydrogen) atoms. The number of phosphoric ester groups is 1. The van der Waals surface area contributed by atoms with Gasteiger partial charge in [-0.3, -0.25) is 9.09 Å². The lowest BCUT2D eigenvalue weighted by Crippen LogP contribution is -2.16. The van der Waals surface area contributed by atoms with E-state index in [-0.39, 0.29) is 18.7 Å². The summed E-state index contributed by atoms with van der Waals surface area (Å²) in [5.74, 6) is 0.279. The summed E-state index contributed by atoms with van der Waals surface area (Å²) in [7, 11) is -5.26. The number of nitrogens with two attached hydrogens (primary N) is 1. The smallest absolute Gasteiger partial charge is 0.382 e. The van der Waals surface area contributed by atoms with E-state index in [0.717, 1.165) is 0 Å². The Morgan fingerprint density at radius 1 is 1.48 bits per heavy atom. The molecule has 13 heteroatoms. The number of anilines is 1. The average Bonchev–Trinajstić information content (AvgIpc) is 3.12. The standard InChI is InChI=1S/C10H13N5O6P2/c11-9-8-10(13-4-12-9)15(5-14-8)7-2-1-6(20-7)3-19-23(17,18)21-22-16/h4-7H,1-3H2,(H,17,18)(H2,11,12,13)/t6-,7+/m0/s1. The van der Waals surface area contributed by atoms with Gasteiger partial charge in [0.15, 0.2) is 11.5 Å². The number of hydrogen-bond donors (Lipinski definition) is 2. The molecule has 1 saturated heterocycles. The normalized spacial score (nSPS) is 24.2. The lowest BCUT2D eigenvalue weighted by atomic mass is 10.2. The summed E-state index contributed by atoms with van der Waals surface area (Å²) in [6.45, 7) is -0.163. The highest BCUT2D eigenvalue weighted by atomic mass is 31.2. The minimum absolute atomic E-state index is 0.163. The Hall–Kier alpha value is -1.48. The minimum Gasteiger partial charge on any atom is -0.382 e. The van der Waals surface area contributed by atoms with Crippen LogP contribution in [0.4, 0.5) is 5.82 Å². The van der Waals surface area contributed by atoms with Crippen molar-refractivity contribution in [2.75, 3.05) is 12.3 Å². The van der Waals surface area contributed by atoms with E-state index in [1.165, 1.54) is 6.33 Å². The molecule has 1 aliphatic rings. The maximum Gasteiger partial charge on any atom is 0.482 e. The van der Waals surface area contributed by atoms with Crippen LogP contribution in [0.2, 0.25) is 0 Å². The van der Waals surface area contributed by atoms with Crippen LogP contribution in [-0.2, 0) is 22.7 Å². The van der Waals surface area contributed by atoms with Crippen molar-refractivity contribution in [3.8, 4) is 0 Å². The van der Waals surface area contributed by atoms with E-state index in [2.05, 4.69) is 19.3 Å². The first-order chi connectivity index (χ1) is 11.0. The van der Waals surface area contributed by atoms with E-state index < -0.39 is 22.6 Å². The van der Waals surface area contributed by atoms with Gasteiger partial charge in [-0.05, 0) is 12.8 Å². The summed E-state index contributed by atoms with van der Waals surface area (Å²) in [5, 5.41) is 0. The monoisotopic (exact) mass is 361 g/mol. The Labute approximate surface area is 131 Å². The van der Waals surface area contributed by atoms with E-state index in [9.17, 15) is 14.0 Å². The maximum atomic E-state index is 11.3. The predicted octanol–water partition coefficient (Wildman–Crippen LogP) is 1.43. The van der Waals surface area contributed by atoms with E-state index >= 15 is 0 Å². The van der Waals surface area contributed by atoms with Crippen LogP contribution < -0.4 is 5.73 Å². The van der Waals surface area contributed by atoms with Gasteiger partial charge in [0, 0.05) is 0 Å². The molecule has 3 rings (SSSR count). The first-order valence-electron chi connectivity index (χ1n) is 6.57. The third-order valence-electron chi connectivity index (χ3n) is 3.34. The summed E-state index contributed by atoms with van der Waals surface area (Å²) in [6.07, 6.45) is 3.37. The molecule has 0 aromatic carbocycles. The molecule has 3 atom stereocenters. The molecule has 2 aromatic rings. The highest BCUT2D eigenvalue weighted by Crippen LogP contribution is 2.47. The van der Waals surface area contributed by atoms with Gasteiger partial charge in [-0.25, -0.2) is 24.1 Å². The number of imidazole rings is 1. The molecule has 0 bridgehead atoms. The molecule has 124 valence electrons. The van der Waals surface area contributed by atoms with Crippen LogP contribution in [-0.4, -0.2) is 37.1 Å². The van der Waals surface area contributed by atoms with Gasteiger partial charge in [-0.1, -0.05) is 0 Å². The van der Waals surface area contributed by atoms with Gasteiger partial charge in [0.2, 0.25) is 0 Å². The van der Waals surface area contributed by atoms with Crippen molar-refractivity contribution >= 4 is 33.5 Å². The second-order valence-corrected chi connectivity index (χ2v) is 6.79. The van der Waals surface area contributed by atoms with Crippen LogP contribution in [0.25, 0.3) is 11.2 Å². The molecular formula is C10H13N5O6P2. The molecular weight excluding hydrogens is 348 g/mol. The van der Waals surface area contributed by atoms with Crippen molar-refractivity contribution in [1.29, 1.82) is 0 Å². The van der Waals surface area contributed by atoms with Crippen molar-refractivity contribution < 1.29 is 27.6 Å². The molecule has 1 aliphatic heterocycles. The zero-order valence-corrected chi connectivity index (χ0v) is 13.5. The Balaban J connectivity index is 1.66. The summed E-state index contributed by atoms with van der Waals surface area (Å²) >= 11 is 0. The fraction of sp³-hybridized carbons (Fsp3) is 0.500. The molecule has 0 aliphatic carbocycles. The minimum atomic E-state index is -4.33. The number of ether oxygens (including phenoxy) is 1. The van der Waals surface area contributed by atoms with Gasteiger partial charge >= 0.3 is 16.5 Å². The predicted molar refractivity (Wildman–Crippen MR) is 77.3 cm³/mol. The fourth-order valence-corrected chi connectivity index (χ4v) is 3.22. The molecule has 1 unspecified atom stereocenters. The van der Waals surface area contributed by atoms with Crippen molar-refractivity contribution in [2.24, 2.45) is 0 Å². The molecule has 2 aromatic heterocycles. The van der Waals surface area contributed by atoms with E-state index in [0.29, 0.717) is 24.0 Å². The third-order valence-corrected chi connectivity index (χ3v) is 4.91. The fourth-order valence-electron chi connectivity index (χ4n) is 2.34. The van der Waals surface area contributed by atoms with Crippen LogP contribution in [0.15, 0.2) is 12.7 Å². The molecule has 0 saturated carbocycles. The topological polar surface area (TPSA) is 152 Å². The summed E-state index contributed by atoms with van der Waals surface area (Å²) in [6, 6.07) is 0. The van der Waals surface area contributed by atoms with Crippen LogP contribution in [0.3, 0.4) is 0 Å². The Kier molecular flexibility index (Phi) is 4.67. The molecule has 0 spiro atoms. The number of hydrogen-bond acceptors (Lipinski definition) is 9. The number of rotatable bonds is 6. The highest BCUT2D eigenvalue weighted by molar-refractivity contribution is 7.52. The van der Waals surface area contributed by atoms with Crippen molar-refractivity contribution in [3.05, 3.63) is 12.7 Å². The molecule has 0 radical (unpaired) electrons. The number of fused-ring (bicyclic) bond motifs is 1. The van der Waals surface area contributed by atoms with Crippen molar-refractivity contribution in [1.82, 2.24) is 19.5 Å². The summed E-state index contributed by atoms with van der Waals surface area (Å²) in [4.78, 5) is 21.4. The third kappa shape index (κ3) is 3.55. The van der Waals surface area contributed by atoms with E-state index in [1.807, 2.05) is 0 Å². The van der Waals surface area contributed by atoms with Crippen molar-refractivity contribution in [2.45, 2.75) is 25.2 Å². The van der Waals surface area contributed by atoms with Gasteiger partial charge in [-0.15, -0.1) is 0 Å². The van der Waals surface area contributed by atoms with Crippen LogP contribution in [0.5, 0.6) is 0 Å². The molecule has 0 amide bonds. The van der Waals surface area contributed by atoms with Crippen LogP contribution >= 0.6 is 16.5 Å². The quantitative estimate of drug-likeness (QED) is 0.723. The summed E-state index contributed by atoms with van der Waals surface area (Å²) in [5.41, 5.74) is 6.76. The van der Waals surface area contributed by atoms with Gasteiger partial charge < -0.3 is 15.4 Å². The Bertz CT molecular complexity index is 769. The number of phosphoric acid groups is 1. The number of nitrogens with zero attached hydrogens (tertiary/aromatic N) is 4. The maximum absolute atomic E-state index is 11.3. The zero-order chi connectivity index (χ0) is 16.4. The molecule has 11 nitrogen and oxygen atoms in total. The average molecular weight is 361 g/mol. The molecule has 3 N–H and O–H groups in total. The van der Waals surface area contributed by atoms with E-state index in [1.54, 1.807) is 10.9 Å². The zero-order valence-electron chi connectivity index (χ0n) is 11.7. The second-order valence-electron chi connectivity index (χ2n) is 4.79. The number of nitrogen functional groups attached to an aromatic ring is 1. The number of aromatic nitrogens is 4. The Morgan fingerprint density at radius 3 is 3.09 bits per heavy atom. The van der Waals surface area contributed by atoms with E-state index in [4.69, 9.17) is 15.0 Å². The van der Waals surface area contributed by atoms with Gasteiger partial charge in [0.05, 0.1) is 19.0 Å². The Morgan fingerprint density at radius 2 is 2.30 bits per heavy atom. The van der Waals surface area contributed by atoms with Crippen molar-refractivity contribution in [3.63, 3.8) is 0 Å². The largest absolute Gasteiger partial charge is 0.482 e. The lowest BCUT2D eigenvalue weighted by Gasteiger charge is -2.16. The molecule has 3 heterocycles. The second kappa shape index (κ2) is 6.56. The van der Waals surface area contributed by atoms with Crippen LogP contribution in [0.1, 0.15) is 19.1 Å². The first-order valence-corrected chi connectivity index (χ1v) is 8.80. The highest BCUT2D eigenvalue weighted by Gasteiger charge is 2.31. The summed E-state index contributed by atoms with van der Waals surface area (Å²) < 4.78 is 37.7. The SMILES string of the molecule is Nc1ncnc2c1ncn2[C@H]1CC[C@@H](COP(=O)(O)OP=O)O1. The molecule has 1 fully saturated rings. The first kappa shape index (κ1) is 16.4. The van der Waals surface area contributed by atoms with Gasteiger partial charge in [0.25, 0.3) is 0 Å². The van der Waals surface area contributed by atoms with Crippen LogP contribution in [0, 0.1) is 0 Å². The lowest BCUT2D eigenvalue weighted by molar-refractivity contribution is -0.0199.